The van der Waals surface area contributed by atoms with Gasteiger partial charge in [0.2, 0.25) is 0 Å². The van der Waals surface area contributed by atoms with E-state index in [1.807, 2.05) is 0 Å². The van der Waals surface area contributed by atoms with E-state index in [0.29, 0.717) is 19.3 Å². The van der Waals surface area contributed by atoms with Crippen LogP contribution in [-0.4, -0.2) is 28.6 Å². The fourth-order valence-corrected chi connectivity index (χ4v) is 3.34. The summed E-state index contributed by atoms with van der Waals surface area (Å²) in [6.45, 7) is 2.57. The van der Waals surface area contributed by atoms with E-state index >= 15 is 0 Å². The van der Waals surface area contributed by atoms with Crippen molar-refractivity contribution in [2.75, 3.05) is 0 Å². The molecule has 1 fully saturated rings. The van der Waals surface area contributed by atoms with Gasteiger partial charge in [-0.05, 0) is 31.6 Å². The zero-order valence-corrected chi connectivity index (χ0v) is 11.6. The first-order chi connectivity index (χ1) is 9.33. The summed E-state index contributed by atoms with van der Waals surface area (Å²) in [7, 11) is 0. The summed E-state index contributed by atoms with van der Waals surface area (Å²) in [5.74, 6) is -2.11. The molecule has 2 aliphatic carbocycles. The van der Waals surface area contributed by atoms with Crippen molar-refractivity contribution in [3.63, 3.8) is 0 Å². The lowest BCUT2D eigenvalue weighted by atomic mass is 9.68. The van der Waals surface area contributed by atoms with Gasteiger partial charge in [-0.3, -0.25) is 9.59 Å². The largest absolute Gasteiger partial charge is 0.478 e. The molecule has 0 spiro atoms. The quantitative estimate of drug-likeness (QED) is 0.794. The Morgan fingerprint density at radius 3 is 2.50 bits per heavy atom. The number of rotatable bonds is 3. The topological polar surface area (TPSA) is 89.9 Å². The average Bonchev–Trinajstić information content (AvgIpc) is 2.25. The summed E-state index contributed by atoms with van der Waals surface area (Å²) in [5.41, 5.74) is -0.568. The minimum absolute atomic E-state index is 0.141. The lowest BCUT2D eigenvalue weighted by Gasteiger charge is -2.44. The average molecular weight is 282 g/mol. The van der Waals surface area contributed by atoms with Crippen LogP contribution in [0.4, 0.5) is 0 Å². The molecule has 2 bridgehead atoms. The standard InChI is InChI=1S/C14H18O6/c1-8(15)19-11-7-14(20-9(2)16)5-3-4-10(6-14)12(11)13(17)18/h10H,3-7H2,1-2H3,(H,17,18). The Morgan fingerprint density at radius 2 is 1.95 bits per heavy atom. The molecule has 0 amide bonds. The number of carbonyl (C=O) groups is 3. The molecular weight excluding hydrogens is 264 g/mol. The number of ether oxygens (including phenoxy) is 2. The third-order valence-corrected chi connectivity index (χ3v) is 3.85. The molecule has 0 aromatic heterocycles. The normalized spacial score (nSPS) is 28.8. The first-order valence-corrected chi connectivity index (χ1v) is 6.67. The van der Waals surface area contributed by atoms with Gasteiger partial charge < -0.3 is 14.6 Å². The van der Waals surface area contributed by atoms with Gasteiger partial charge in [0.05, 0.1) is 5.57 Å². The second-order valence-corrected chi connectivity index (χ2v) is 5.48. The molecule has 2 atom stereocenters. The van der Waals surface area contributed by atoms with Crippen molar-refractivity contribution in [1.82, 2.24) is 0 Å². The summed E-state index contributed by atoms with van der Waals surface area (Å²) >= 11 is 0. The highest BCUT2D eigenvalue weighted by Crippen LogP contribution is 2.48. The lowest BCUT2D eigenvalue weighted by Crippen LogP contribution is -2.45. The van der Waals surface area contributed by atoms with Crippen LogP contribution in [-0.2, 0) is 23.9 Å². The summed E-state index contributed by atoms with van der Waals surface area (Å²) in [6.07, 6.45) is 2.81. The minimum Gasteiger partial charge on any atom is -0.478 e. The first kappa shape index (κ1) is 14.6. The molecule has 2 unspecified atom stereocenters. The molecular formula is C14H18O6. The van der Waals surface area contributed by atoms with Gasteiger partial charge in [0.25, 0.3) is 0 Å². The van der Waals surface area contributed by atoms with Crippen LogP contribution < -0.4 is 0 Å². The van der Waals surface area contributed by atoms with Crippen LogP contribution in [0.3, 0.4) is 0 Å². The summed E-state index contributed by atoms with van der Waals surface area (Å²) in [5, 5.41) is 9.34. The van der Waals surface area contributed by atoms with Gasteiger partial charge >= 0.3 is 17.9 Å². The van der Waals surface area contributed by atoms with Crippen molar-refractivity contribution in [2.45, 2.75) is 51.6 Å². The molecule has 1 N–H and O–H groups in total. The Kier molecular flexibility index (Phi) is 3.83. The van der Waals surface area contributed by atoms with Gasteiger partial charge in [-0.25, -0.2) is 4.79 Å². The first-order valence-electron chi connectivity index (χ1n) is 6.67. The zero-order valence-electron chi connectivity index (χ0n) is 11.6. The second-order valence-electron chi connectivity index (χ2n) is 5.48. The second kappa shape index (κ2) is 5.26. The monoisotopic (exact) mass is 282 g/mol. The smallest absolute Gasteiger partial charge is 0.335 e. The van der Waals surface area contributed by atoms with E-state index in [9.17, 15) is 19.5 Å². The summed E-state index contributed by atoms with van der Waals surface area (Å²) in [6, 6.07) is 0. The number of hydrogen-bond acceptors (Lipinski definition) is 5. The van der Waals surface area contributed by atoms with E-state index in [-0.39, 0.29) is 23.7 Å². The molecule has 20 heavy (non-hydrogen) atoms. The Hall–Kier alpha value is -1.85. The van der Waals surface area contributed by atoms with Crippen LogP contribution >= 0.6 is 0 Å². The molecule has 110 valence electrons. The molecule has 0 heterocycles. The predicted molar refractivity (Wildman–Crippen MR) is 67.5 cm³/mol. The van der Waals surface area contributed by atoms with Gasteiger partial charge in [-0.15, -0.1) is 0 Å². The number of esters is 2. The molecule has 6 heteroatoms. The summed E-state index contributed by atoms with van der Waals surface area (Å²) in [4.78, 5) is 33.9. The number of fused-ring (bicyclic) bond motifs is 2. The Bertz CT molecular complexity index is 492. The van der Waals surface area contributed by atoms with Crippen molar-refractivity contribution < 1.29 is 29.0 Å². The fraction of sp³-hybridized carbons (Fsp3) is 0.643. The minimum atomic E-state index is -1.07. The molecule has 0 aliphatic heterocycles. The van der Waals surface area contributed by atoms with Gasteiger partial charge in [0, 0.05) is 20.3 Å². The number of aliphatic carboxylic acids is 1. The Labute approximate surface area is 116 Å². The van der Waals surface area contributed by atoms with E-state index < -0.39 is 23.5 Å². The lowest BCUT2D eigenvalue weighted by molar-refractivity contribution is -0.165. The highest BCUT2D eigenvalue weighted by Gasteiger charge is 2.48. The van der Waals surface area contributed by atoms with Crippen LogP contribution in [0, 0.1) is 5.92 Å². The maximum atomic E-state index is 11.4. The molecule has 6 nitrogen and oxygen atoms in total. The number of carboxylic acid groups (broad SMARTS) is 1. The number of carbonyl (C=O) groups excluding carboxylic acids is 2. The van der Waals surface area contributed by atoms with Crippen LogP contribution in [0.25, 0.3) is 0 Å². The third-order valence-electron chi connectivity index (χ3n) is 3.85. The van der Waals surface area contributed by atoms with Crippen LogP contribution in [0.5, 0.6) is 0 Å². The van der Waals surface area contributed by atoms with Crippen molar-refractivity contribution in [1.29, 1.82) is 0 Å². The maximum Gasteiger partial charge on any atom is 0.335 e. The predicted octanol–water partition coefficient (Wildman–Crippen LogP) is 1.78. The van der Waals surface area contributed by atoms with E-state index in [4.69, 9.17) is 9.47 Å². The van der Waals surface area contributed by atoms with E-state index in [0.717, 1.165) is 6.42 Å². The Morgan fingerprint density at radius 1 is 1.25 bits per heavy atom. The van der Waals surface area contributed by atoms with Crippen LogP contribution in [0.2, 0.25) is 0 Å². The molecule has 0 aromatic rings. The molecule has 0 radical (unpaired) electrons. The number of carboxylic acids is 1. The molecule has 2 rings (SSSR count). The highest BCUT2D eigenvalue weighted by molar-refractivity contribution is 5.89. The molecule has 2 aliphatic rings. The van der Waals surface area contributed by atoms with Gasteiger partial charge in [-0.2, -0.15) is 0 Å². The molecule has 0 saturated heterocycles. The van der Waals surface area contributed by atoms with E-state index in [2.05, 4.69) is 0 Å². The number of hydrogen-bond donors (Lipinski definition) is 1. The van der Waals surface area contributed by atoms with Crippen molar-refractivity contribution in [3.05, 3.63) is 11.3 Å². The van der Waals surface area contributed by atoms with Crippen molar-refractivity contribution >= 4 is 17.9 Å². The maximum absolute atomic E-state index is 11.4. The van der Waals surface area contributed by atoms with Crippen molar-refractivity contribution in [3.8, 4) is 0 Å². The van der Waals surface area contributed by atoms with Gasteiger partial charge in [0.1, 0.15) is 11.4 Å². The zero-order chi connectivity index (χ0) is 14.9. The van der Waals surface area contributed by atoms with E-state index in [1.54, 1.807) is 0 Å². The van der Waals surface area contributed by atoms with Crippen LogP contribution in [0.1, 0.15) is 46.0 Å². The van der Waals surface area contributed by atoms with E-state index in [1.165, 1.54) is 13.8 Å². The fourth-order valence-electron chi connectivity index (χ4n) is 3.34. The van der Waals surface area contributed by atoms with Crippen molar-refractivity contribution in [2.24, 2.45) is 5.92 Å². The SMILES string of the molecule is CC(=O)OC1=C(C(=O)O)C2CCCC(OC(C)=O)(C1)C2. The van der Waals surface area contributed by atoms with Gasteiger partial charge in [0.15, 0.2) is 0 Å². The third kappa shape index (κ3) is 2.84. The Balaban J connectivity index is 2.39. The van der Waals surface area contributed by atoms with Gasteiger partial charge in [-0.1, -0.05) is 0 Å². The van der Waals surface area contributed by atoms with Crippen LogP contribution in [0.15, 0.2) is 11.3 Å². The molecule has 0 aromatic carbocycles. The molecule has 1 saturated carbocycles. The highest BCUT2D eigenvalue weighted by atomic mass is 16.6. The summed E-state index contributed by atoms with van der Waals surface area (Å²) < 4.78 is 10.5.